The lowest BCUT2D eigenvalue weighted by atomic mass is 10.1. The summed E-state index contributed by atoms with van der Waals surface area (Å²) in [5, 5.41) is 0. The maximum Gasteiger partial charge on any atom is 0.282 e. The molecule has 0 radical (unpaired) electrons. The van der Waals surface area contributed by atoms with Gasteiger partial charge in [0.1, 0.15) is 0 Å². The fourth-order valence-electron chi connectivity index (χ4n) is 2.21. The minimum Gasteiger partial charge on any atom is -0.369 e. The van der Waals surface area contributed by atoms with Gasteiger partial charge in [0.05, 0.1) is 6.54 Å². The number of nitrogens with zero attached hydrogens (tertiary/aromatic N) is 2. The Morgan fingerprint density at radius 2 is 1.80 bits per heavy atom. The van der Waals surface area contributed by atoms with E-state index in [1.54, 1.807) is 0 Å². The second-order valence-electron chi connectivity index (χ2n) is 4.98. The van der Waals surface area contributed by atoms with Crippen LogP contribution < -0.4 is 5.73 Å². The van der Waals surface area contributed by atoms with Crippen LogP contribution >= 0.6 is 0 Å². The zero-order valence-corrected chi connectivity index (χ0v) is 12.3. The number of primary amides is 1. The third-order valence-corrected chi connectivity index (χ3v) is 5.21. The van der Waals surface area contributed by atoms with E-state index in [1.807, 2.05) is 31.2 Å². The minimum atomic E-state index is -3.60. The van der Waals surface area contributed by atoms with Crippen molar-refractivity contribution in [2.45, 2.75) is 19.9 Å². The second-order valence-corrected chi connectivity index (χ2v) is 6.91. The Hall–Kier alpha value is -1.44. The zero-order chi connectivity index (χ0) is 14.8. The highest BCUT2D eigenvalue weighted by Crippen LogP contribution is 2.19. The number of nitrogens with two attached hydrogens (primary N) is 1. The van der Waals surface area contributed by atoms with Gasteiger partial charge in [0, 0.05) is 19.6 Å². The van der Waals surface area contributed by atoms with Crippen molar-refractivity contribution < 1.29 is 13.2 Å². The maximum absolute atomic E-state index is 12.4. The van der Waals surface area contributed by atoms with Crippen molar-refractivity contribution in [1.29, 1.82) is 0 Å². The molecule has 1 amide bonds. The summed E-state index contributed by atoms with van der Waals surface area (Å²) in [6.45, 7) is 2.85. The highest BCUT2D eigenvalue weighted by Gasteiger charge is 2.34. The standard InChI is InChI=1S/C13H19N3O3S/c1-11-3-5-12(6-4-11)9-15-7-2-8-16(10-13(14)17)20(15,18)19/h3-6H,2,7-10H2,1H3,(H2,14,17). The van der Waals surface area contributed by atoms with Crippen LogP contribution in [0.25, 0.3) is 0 Å². The summed E-state index contributed by atoms with van der Waals surface area (Å²) in [7, 11) is -3.60. The minimum absolute atomic E-state index is 0.257. The topological polar surface area (TPSA) is 83.7 Å². The molecule has 6 nitrogen and oxygen atoms in total. The van der Waals surface area contributed by atoms with Crippen LogP contribution in [0.2, 0.25) is 0 Å². The molecule has 0 unspecified atom stereocenters. The predicted octanol–water partition coefficient (Wildman–Crippen LogP) is 0.233. The summed E-state index contributed by atoms with van der Waals surface area (Å²) in [5.74, 6) is -0.634. The number of aryl methyl sites for hydroxylation is 1. The Kier molecular flexibility index (Phi) is 4.42. The summed E-state index contributed by atoms with van der Waals surface area (Å²) in [4.78, 5) is 11.0. The van der Waals surface area contributed by atoms with Gasteiger partial charge in [-0.2, -0.15) is 17.0 Å². The van der Waals surface area contributed by atoms with Crippen LogP contribution in [-0.2, 0) is 21.5 Å². The van der Waals surface area contributed by atoms with E-state index in [1.165, 1.54) is 4.31 Å². The fourth-order valence-corrected chi connectivity index (χ4v) is 3.86. The second kappa shape index (κ2) is 5.90. The Morgan fingerprint density at radius 1 is 1.20 bits per heavy atom. The molecule has 1 aliphatic heterocycles. The monoisotopic (exact) mass is 297 g/mol. The van der Waals surface area contributed by atoms with Crippen LogP contribution in [0.3, 0.4) is 0 Å². The molecule has 1 aromatic carbocycles. The van der Waals surface area contributed by atoms with Crippen molar-refractivity contribution >= 4 is 16.1 Å². The van der Waals surface area contributed by atoms with E-state index < -0.39 is 16.1 Å². The number of rotatable bonds is 4. The van der Waals surface area contributed by atoms with Gasteiger partial charge in [0.2, 0.25) is 5.91 Å². The largest absolute Gasteiger partial charge is 0.369 e. The molecule has 0 aliphatic carbocycles. The molecule has 1 aliphatic rings. The molecule has 0 bridgehead atoms. The van der Waals surface area contributed by atoms with Crippen LogP contribution in [0, 0.1) is 6.92 Å². The van der Waals surface area contributed by atoms with Crippen LogP contribution in [0.5, 0.6) is 0 Å². The predicted molar refractivity (Wildman–Crippen MR) is 75.9 cm³/mol. The van der Waals surface area contributed by atoms with Crippen molar-refractivity contribution in [3.8, 4) is 0 Å². The lowest BCUT2D eigenvalue weighted by molar-refractivity contribution is -0.118. The van der Waals surface area contributed by atoms with Crippen LogP contribution in [0.4, 0.5) is 0 Å². The molecule has 1 heterocycles. The van der Waals surface area contributed by atoms with Gasteiger partial charge in [-0.3, -0.25) is 4.79 Å². The molecule has 1 fully saturated rings. The number of carbonyl (C=O) groups excluding carboxylic acids is 1. The molecule has 20 heavy (non-hydrogen) atoms. The van der Waals surface area contributed by atoms with Crippen molar-refractivity contribution in [3.63, 3.8) is 0 Å². The van der Waals surface area contributed by atoms with Gasteiger partial charge in [0.15, 0.2) is 0 Å². The van der Waals surface area contributed by atoms with E-state index in [9.17, 15) is 13.2 Å². The molecule has 1 aromatic rings. The maximum atomic E-state index is 12.4. The molecule has 1 saturated heterocycles. The van der Waals surface area contributed by atoms with Crippen LogP contribution in [0.1, 0.15) is 17.5 Å². The van der Waals surface area contributed by atoms with Gasteiger partial charge < -0.3 is 5.73 Å². The summed E-state index contributed by atoms with van der Waals surface area (Å²) in [6.07, 6.45) is 0.693. The SMILES string of the molecule is Cc1ccc(CN2CCCN(CC(N)=O)S2(=O)=O)cc1. The van der Waals surface area contributed by atoms with Gasteiger partial charge in [-0.25, -0.2) is 0 Å². The number of hydrogen-bond acceptors (Lipinski definition) is 3. The van der Waals surface area contributed by atoms with Gasteiger partial charge in [-0.05, 0) is 18.9 Å². The van der Waals surface area contributed by atoms with Gasteiger partial charge in [-0.15, -0.1) is 0 Å². The van der Waals surface area contributed by atoms with Crippen molar-refractivity contribution in [3.05, 3.63) is 35.4 Å². The third-order valence-electron chi connectivity index (χ3n) is 3.28. The normalized spacial score (nSPS) is 19.9. The Labute approximate surface area is 119 Å². The van der Waals surface area contributed by atoms with E-state index in [2.05, 4.69) is 0 Å². The number of carbonyl (C=O) groups is 1. The van der Waals surface area contributed by atoms with E-state index in [-0.39, 0.29) is 6.54 Å². The first-order valence-corrected chi connectivity index (χ1v) is 7.88. The van der Waals surface area contributed by atoms with Gasteiger partial charge in [0.25, 0.3) is 10.2 Å². The molecule has 0 atom stereocenters. The quantitative estimate of drug-likeness (QED) is 0.863. The van der Waals surface area contributed by atoms with E-state index >= 15 is 0 Å². The van der Waals surface area contributed by atoms with Crippen LogP contribution in [0.15, 0.2) is 24.3 Å². The van der Waals surface area contributed by atoms with Crippen molar-refractivity contribution in [2.75, 3.05) is 19.6 Å². The first-order valence-electron chi connectivity index (χ1n) is 6.48. The number of amides is 1. The molecule has 0 saturated carbocycles. The average molecular weight is 297 g/mol. The van der Waals surface area contributed by atoms with Crippen molar-refractivity contribution in [2.24, 2.45) is 5.73 Å². The summed E-state index contributed by atoms with van der Waals surface area (Å²) in [6, 6.07) is 7.73. The molecule has 0 aromatic heterocycles. The number of benzene rings is 1. The average Bonchev–Trinajstić information content (AvgIpc) is 2.36. The first-order chi connectivity index (χ1) is 9.39. The molecule has 2 N–H and O–H groups in total. The Balaban J connectivity index is 2.14. The lowest BCUT2D eigenvalue weighted by Gasteiger charge is -2.34. The van der Waals surface area contributed by atoms with Gasteiger partial charge in [-0.1, -0.05) is 29.8 Å². The molecule has 7 heteroatoms. The highest BCUT2D eigenvalue weighted by atomic mass is 32.2. The molecule has 0 spiro atoms. The third kappa shape index (κ3) is 3.36. The van der Waals surface area contributed by atoms with E-state index in [4.69, 9.17) is 5.73 Å². The zero-order valence-electron chi connectivity index (χ0n) is 11.4. The Bertz CT molecular complexity index is 583. The summed E-state index contributed by atoms with van der Waals surface area (Å²) >= 11 is 0. The molecular weight excluding hydrogens is 278 g/mol. The molecule has 2 rings (SSSR count). The van der Waals surface area contributed by atoms with Crippen molar-refractivity contribution in [1.82, 2.24) is 8.61 Å². The highest BCUT2D eigenvalue weighted by molar-refractivity contribution is 7.86. The molecular formula is C13H19N3O3S. The Morgan fingerprint density at radius 3 is 2.40 bits per heavy atom. The first kappa shape index (κ1) is 15.0. The van der Waals surface area contributed by atoms with Crippen LogP contribution in [-0.4, -0.2) is 42.6 Å². The van der Waals surface area contributed by atoms with Gasteiger partial charge >= 0.3 is 0 Å². The number of hydrogen-bond donors (Lipinski definition) is 1. The fraction of sp³-hybridized carbons (Fsp3) is 0.462. The lowest BCUT2D eigenvalue weighted by Crippen LogP contribution is -2.51. The molecule has 110 valence electrons. The summed E-state index contributed by atoms with van der Waals surface area (Å²) < 4.78 is 27.3. The summed E-state index contributed by atoms with van der Waals surface area (Å²) in [5.41, 5.74) is 7.16. The van der Waals surface area contributed by atoms with E-state index in [0.29, 0.717) is 26.1 Å². The smallest absolute Gasteiger partial charge is 0.282 e. The van der Waals surface area contributed by atoms with E-state index in [0.717, 1.165) is 15.4 Å².